The lowest BCUT2D eigenvalue weighted by Crippen LogP contribution is -2.22. The Morgan fingerprint density at radius 1 is 1.03 bits per heavy atom. The van der Waals surface area contributed by atoms with Crippen LogP contribution in [0, 0.1) is 0 Å². The summed E-state index contributed by atoms with van der Waals surface area (Å²) >= 11 is 0. The second-order valence-corrected chi connectivity index (χ2v) is 7.43. The molecule has 33 heavy (non-hydrogen) atoms. The molecule has 1 aliphatic heterocycles. The number of β-amino-alcohol motifs (C(OH)–C–C–N with tert-alkyl or cyclic N) is 2. The van der Waals surface area contributed by atoms with Crippen LogP contribution in [-0.4, -0.2) is 57.7 Å². The fourth-order valence-electron chi connectivity index (χ4n) is 3.53. The number of anilines is 2. The topological polar surface area (TPSA) is 108 Å². The van der Waals surface area contributed by atoms with Gasteiger partial charge in [0.15, 0.2) is 0 Å². The minimum absolute atomic E-state index is 0.222. The van der Waals surface area contributed by atoms with Crippen molar-refractivity contribution in [3.63, 3.8) is 0 Å². The number of carbonyl (C=O) groups is 1. The van der Waals surface area contributed by atoms with Gasteiger partial charge in [0.25, 0.3) is 5.91 Å². The SMILES string of the molecule is O=C(Nc1ccc(OC(F)(F)F)cc1)c1ccc(N2CC(O)C(O)C2)c(-c2cncnc2)c1. The van der Waals surface area contributed by atoms with Gasteiger partial charge in [0.05, 0.1) is 12.2 Å². The molecule has 8 nitrogen and oxygen atoms in total. The van der Waals surface area contributed by atoms with E-state index >= 15 is 0 Å². The summed E-state index contributed by atoms with van der Waals surface area (Å²) in [6.45, 7) is 0.444. The summed E-state index contributed by atoms with van der Waals surface area (Å²) in [6, 6.07) is 9.70. The van der Waals surface area contributed by atoms with E-state index in [0.717, 1.165) is 12.1 Å². The van der Waals surface area contributed by atoms with Crippen molar-refractivity contribution in [2.45, 2.75) is 18.6 Å². The molecule has 4 rings (SSSR count). The minimum Gasteiger partial charge on any atom is -0.406 e. The number of hydrogen-bond acceptors (Lipinski definition) is 7. The van der Waals surface area contributed by atoms with E-state index in [9.17, 15) is 28.2 Å². The van der Waals surface area contributed by atoms with Crippen molar-refractivity contribution in [3.8, 4) is 16.9 Å². The molecule has 1 aliphatic rings. The molecule has 172 valence electrons. The maximum Gasteiger partial charge on any atom is 0.573 e. The molecule has 0 saturated carbocycles. The molecule has 2 heterocycles. The molecule has 0 aliphatic carbocycles. The number of nitrogens with one attached hydrogen (secondary N) is 1. The van der Waals surface area contributed by atoms with Crippen molar-refractivity contribution in [1.29, 1.82) is 0 Å². The normalized spacial score (nSPS) is 18.3. The highest BCUT2D eigenvalue weighted by Gasteiger charge is 2.32. The van der Waals surface area contributed by atoms with Crippen molar-refractivity contribution in [2.75, 3.05) is 23.3 Å². The number of rotatable bonds is 5. The van der Waals surface area contributed by atoms with Gasteiger partial charge >= 0.3 is 6.36 Å². The molecule has 1 aromatic heterocycles. The molecule has 1 fully saturated rings. The number of amides is 1. The molecule has 0 spiro atoms. The third-order valence-corrected chi connectivity index (χ3v) is 5.08. The number of aliphatic hydroxyl groups is 2. The van der Waals surface area contributed by atoms with Gasteiger partial charge in [0, 0.05) is 53.5 Å². The predicted octanol–water partition coefficient (Wildman–Crippen LogP) is 2.84. The standard InChI is InChI=1S/C22H19F3N4O4/c23-22(24,25)33-16-4-2-15(3-5-16)28-21(32)13-1-6-18(29-10-19(30)20(31)11-29)17(7-13)14-8-26-12-27-9-14/h1-9,12,19-20,30-31H,10-11H2,(H,28,32). The number of benzene rings is 2. The Bertz CT molecular complexity index is 1120. The van der Waals surface area contributed by atoms with E-state index in [-0.39, 0.29) is 24.3 Å². The number of carbonyl (C=O) groups excluding carboxylic acids is 1. The van der Waals surface area contributed by atoms with Gasteiger partial charge in [-0.25, -0.2) is 9.97 Å². The number of nitrogens with zero attached hydrogens (tertiary/aromatic N) is 3. The number of halogens is 3. The summed E-state index contributed by atoms with van der Waals surface area (Å²) in [5, 5.41) is 22.5. The van der Waals surface area contributed by atoms with Gasteiger partial charge in [-0.05, 0) is 42.5 Å². The van der Waals surface area contributed by atoms with Gasteiger partial charge in [-0.2, -0.15) is 0 Å². The van der Waals surface area contributed by atoms with Crippen LogP contribution in [0.2, 0.25) is 0 Å². The molecule has 1 saturated heterocycles. The maximum atomic E-state index is 12.8. The molecule has 2 unspecified atom stereocenters. The van der Waals surface area contributed by atoms with Crippen LogP contribution >= 0.6 is 0 Å². The Kier molecular flexibility index (Phi) is 6.16. The van der Waals surface area contributed by atoms with Crippen molar-refractivity contribution in [1.82, 2.24) is 9.97 Å². The Labute approximate surface area is 186 Å². The monoisotopic (exact) mass is 460 g/mol. The van der Waals surface area contributed by atoms with E-state index in [4.69, 9.17) is 0 Å². The van der Waals surface area contributed by atoms with Gasteiger partial charge in [-0.1, -0.05) is 0 Å². The first-order valence-electron chi connectivity index (χ1n) is 9.87. The van der Waals surface area contributed by atoms with Crippen LogP contribution in [0.5, 0.6) is 5.75 Å². The average Bonchev–Trinajstić information content (AvgIpc) is 3.12. The van der Waals surface area contributed by atoms with Crippen LogP contribution in [0.15, 0.2) is 61.2 Å². The predicted molar refractivity (Wildman–Crippen MR) is 113 cm³/mol. The smallest absolute Gasteiger partial charge is 0.406 e. The Hall–Kier alpha value is -3.70. The zero-order valence-electron chi connectivity index (χ0n) is 17.0. The molecule has 2 aromatic carbocycles. The fraction of sp³-hybridized carbons (Fsp3) is 0.227. The van der Waals surface area contributed by atoms with Gasteiger partial charge in [-0.3, -0.25) is 4.79 Å². The third-order valence-electron chi connectivity index (χ3n) is 5.08. The molecular weight excluding hydrogens is 441 g/mol. The quantitative estimate of drug-likeness (QED) is 0.538. The van der Waals surface area contributed by atoms with E-state index in [2.05, 4.69) is 20.0 Å². The first-order valence-corrected chi connectivity index (χ1v) is 9.87. The van der Waals surface area contributed by atoms with Crippen LogP contribution in [0.3, 0.4) is 0 Å². The number of alkyl halides is 3. The Morgan fingerprint density at radius 3 is 2.27 bits per heavy atom. The number of aromatic nitrogens is 2. The largest absolute Gasteiger partial charge is 0.573 e. The van der Waals surface area contributed by atoms with E-state index in [0.29, 0.717) is 16.8 Å². The molecule has 0 radical (unpaired) electrons. The first-order chi connectivity index (χ1) is 15.7. The molecule has 3 N–H and O–H groups in total. The number of aliphatic hydroxyl groups excluding tert-OH is 2. The summed E-state index contributed by atoms with van der Waals surface area (Å²) in [6.07, 6.45) is -2.05. The molecule has 0 bridgehead atoms. The second kappa shape index (κ2) is 9.04. The van der Waals surface area contributed by atoms with Gasteiger partial charge in [-0.15, -0.1) is 13.2 Å². The summed E-state index contributed by atoms with van der Waals surface area (Å²) in [7, 11) is 0. The Morgan fingerprint density at radius 2 is 1.67 bits per heavy atom. The van der Waals surface area contributed by atoms with Crippen LogP contribution in [0.1, 0.15) is 10.4 Å². The van der Waals surface area contributed by atoms with Crippen molar-refractivity contribution in [3.05, 3.63) is 66.7 Å². The lowest BCUT2D eigenvalue weighted by Gasteiger charge is -2.22. The van der Waals surface area contributed by atoms with Crippen LogP contribution in [-0.2, 0) is 0 Å². The van der Waals surface area contributed by atoms with E-state index in [1.54, 1.807) is 35.5 Å². The van der Waals surface area contributed by atoms with Crippen molar-refractivity contribution < 1.29 is 32.9 Å². The van der Waals surface area contributed by atoms with Crippen LogP contribution < -0.4 is 15.0 Å². The third kappa shape index (κ3) is 5.38. The fourth-order valence-corrected chi connectivity index (χ4v) is 3.53. The van der Waals surface area contributed by atoms with Crippen LogP contribution in [0.25, 0.3) is 11.1 Å². The van der Waals surface area contributed by atoms with E-state index < -0.39 is 30.2 Å². The second-order valence-electron chi connectivity index (χ2n) is 7.43. The molecule has 11 heteroatoms. The lowest BCUT2D eigenvalue weighted by atomic mass is 10.0. The summed E-state index contributed by atoms with van der Waals surface area (Å²) in [5.74, 6) is -0.878. The molecular formula is C22H19F3N4O4. The van der Waals surface area contributed by atoms with Crippen molar-refractivity contribution in [2.24, 2.45) is 0 Å². The summed E-state index contributed by atoms with van der Waals surface area (Å²) in [5.41, 5.74) is 2.51. The maximum absolute atomic E-state index is 12.8. The average molecular weight is 460 g/mol. The van der Waals surface area contributed by atoms with E-state index in [1.165, 1.54) is 18.5 Å². The van der Waals surface area contributed by atoms with Gasteiger partial charge < -0.3 is 25.2 Å². The highest BCUT2D eigenvalue weighted by molar-refractivity contribution is 6.05. The lowest BCUT2D eigenvalue weighted by molar-refractivity contribution is -0.274. The summed E-state index contributed by atoms with van der Waals surface area (Å²) < 4.78 is 40.7. The number of hydrogen-bond donors (Lipinski definition) is 3. The first kappa shape index (κ1) is 22.5. The highest BCUT2D eigenvalue weighted by Crippen LogP contribution is 2.34. The zero-order chi connectivity index (χ0) is 23.6. The molecule has 1 amide bonds. The minimum atomic E-state index is -4.80. The highest BCUT2D eigenvalue weighted by atomic mass is 19.4. The molecule has 2 atom stereocenters. The van der Waals surface area contributed by atoms with Crippen molar-refractivity contribution >= 4 is 17.3 Å². The van der Waals surface area contributed by atoms with Gasteiger partial charge in [0.2, 0.25) is 0 Å². The van der Waals surface area contributed by atoms with Gasteiger partial charge in [0.1, 0.15) is 12.1 Å². The van der Waals surface area contributed by atoms with E-state index in [1.807, 2.05) is 0 Å². The summed E-state index contributed by atoms with van der Waals surface area (Å²) in [4.78, 5) is 22.6. The zero-order valence-corrected chi connectivity index (χ0v) is 17.0. The van der Waals surface area contributed by atoms with Crippen LogP contribution in [0.4, 0.5) is 24.5 Å². The number of ether oxygens (including phenoxy) is 1. The molecule has 3 aromatic rings. The Balaban J connectivity index is 1.58.